The van der Waals surface area contributed by atoms with Crippen LogP contribution in [0.3, 0.4) is 0 Å². The van der Waals surface area contributed by atoms with Crippen molar-refractivity contribution in [3.8, 4) is 11.5 Å². The van der Waals surface area contributed by atoms with Gasteiger partial charge in [-0.1, -0.05) is 23.2 Å². The van der Waals surface area contributed by atoms with E-state index in [-0.39, 0.29) is 33.1 Å². The number of ketones is 1. The number of fused-ring (bicyclic) bond motifs is 2. The molecular weight excluding hydrogens is 435 g/mol. The average molecular weight is 447 g/mol. The maximum absolute atomic E-state index is 12.1. The lowest BCUT2D eigenvalue weighted by Crippen LogP contribution is -2.14. The molecule has 11 heteroatoms. The predicted molar refractivity (Wildman–Crippen MR) is 108 cm³/mol. The van der Waals surface area contributed by atoms with Gasteiger partial charge in [0.05, 0.1) is 15.5 Å². The van der Waals surface area contributed by atoms with Gasteiger partial charge in [-0.05, 0) is 41.1 Å². The Morgan fingerprint density at radius 3 is 2.57 bits per heavy atom. The molecule has 3 N–H and O–H groups in total. The fourth-order valence-corrected chi connectivity index (χ4v) is 4.04. The van der Waals surface area contributed by atoms with Crippen molar-refractivity contribution >= 4 is 46.3 Å². The molecule has 5 rings (SSSR count). The van der Waals surface area contributed by atoms with Crippen molar-refractivity contribution in [1.29, 1.82) is 0 Å². The number of benzene rings is 2. The van der Waals surface area contributed by atoms with Gasteiger partial charge in [0.1, 0.15) is 11.5 Å². The molecule has 3 aromatic rings. The summed E-state index contributed by atoms with van der Waals surface area (Å²) in [6.45, 7) is 0.595. The number of carbonyl (C=O) groups is 2. The molecule has 9 nitrogen and oxygen atoms in total. The molecule has 1 fully saturated rings. The van der Waals surface area contributed by atoms with Crippen LogP contribution in [-0.2, 0) is 10.2 Å². The molecule has 1 saturated carbocycles. The summed E-state index contributed by atoms with van der Waals surface area (Å²) >= 11 is 12.6. The highest BCUT2D eigenvalue weighted by atomic mass is 35.5. The highest BCUT2D eigenvalue weighted by molar-refractivity contribution is 6.37. The number of amides is 1. The fraction of sp³-hybridized carbons (Fsp3) is 0.158. The van der Waals surface area contributed by atoms with Gasteiger partial charge in [-0.25, -0.2) is 4.79 Å². The molecule has 0 saturated heterocycles. The van der Waals surface area contributed by atoms with Gasteiger partial charge in [0, 0.05) is 24.3 Å². The molecule has 2 heterocycles. The quantitative estimate of drug-likeness (QED) is 0.560. The number of H-pyrrole nitrogens is 1. The zero-order chi connectivity index (χ0) is 21.0. The Kier molecular flexibility index (Phi) is 4.12. The molecule has 1 aliphatic heterocycles. The molecule has 1 aliphatic carbocycles. The highest BCUT2D eigenvalue weighted by Crippen LogP contribution is 2.52. The lowest BCUT2D eigenvalue weighted by molar-refractivity contribution is -0.111. The number of rotatable bonds is 4. The van der Waals surface area contributed by atoms with Crippen LogP contribution in [0.4, 0.5) is 11.4 Å². The summed E-state index contributed by atoms with van der Waals surface area (Å²) in [6.07, 6.45) is 0.517. The first-order valence-electron chi connectivity index (χ1n) is 8.82. The summed E-state index contributed by atoms with van der Waals surface area (Å²) in [5.74, 6) is -0.949. The molecule has 30 heavy (non-hydrogen) atoms. The van der Waals surface area contributed by atoms with E-state index in [1.165, 1.54) is 12.1 Å². The van der Waals surface area contributed by atoms with Crippen molar-refractivity contribution in [3.05, 3.63) is 62.3 Å². The van der Waals surface area contributed by atoms with E-state index in [0.717, 1.165) is 11.3 Å². The number of anilines is 2. The third-order valence-corrected chi connectivity index (χ3v) is 5.65. The van der Waals surface area contributed by atoms with E-state index in [2.05, 4.69) is 25.3 Å². The Bertz CT molecular complexity index is 1260. The maximum atomic E-state index is 12.1. The smallest absolute Gasteiger partial charge is 0.439 e. The fourth-order valence-electron chi connectivity index (χ4n) is 3.48. The van der Waals surface area contributed by atoms with Crippen molar-refractivity contribution in [2.75, 3.05) is 17.2 Å². The van der Waals surface area contributed by atoms with E-state index < -0.39 is 17.1 Å². The van der Waals surface area contributed by atoms with Gasteiger partial charge in [-0.15, -0.1) is 0 Å². The summed E-state index contributed by atoms with van der Waals surface area (Å²) in [5.41, 5.74) is 1.64. The Labute approximate surface area is 178 Å². The molecule has 1 spiro atoms. The largest absolute Gasteiger partial charge is 0.454 e. The van der Waals surface area contributed by atoms with Crippen LogP contribution in [0, 0.1) is 0 Å². The van der Waals surface area contributed by atoms with E-state index in [0.29, 0.717) is 18.7 Å². The molecular formula is C19H12Cl2N4O5. The standard InChI is InChI=1S/C19H12Cl2N4O5/c20-11-3-8(23-17(27)16-24-18(28)30-25-16)4-12(21)15(11)29-9-1-2-13-10(5-9)19(7-22-13)6-14(19)26/h1-5,22H,6-7H2,(H,23,27)(H,24,25,28). The van der Waals surface area contributed by atoms with E-state index in [1.54, 1.807) is 6.07 Å². The Balaban J connectivity index is 1.38. The van der Waals surface area contributed by atoms with Crippen molar-refractivity contribution in [1.82, 2.24) is 10.1 Å². The zero-order valence-corrected chi connectivity index (χ0v) is 16.6. The van der Waals surface area contributed by atoms with Crippen molar-refractivity contribution in [2.45, 2.75) is 11.8 Å². The summed E-state index contributed by atoms with van der Waals surface area (Å²) in [6, 6.07) is 8.30. The van der Waals surface area contributed by atoms with Crippen LogP contribution in [0.25, 0.3) is 0 Å². The Morgan fingerprint density at radius 1 is 1.20 bits per heavy atom. The number of carbonyl (C=O) groups excluding carboxylic acids is 2. The van der Waals surface area contributed by atoms with Crippen LogP contribution in [0.15, 0.2) is 39.6 Å². The predicted octanol–water partition coefficient (Wildman–Crippen LogP) is 3.35. The number of Topliss-reactive ketones (excluding diaryl/α,β-unsaturated/α-hetero) is 1. The van der Waals surface area contributed by atoms with Crippen LogP contribution < -0.4 is 21.1 Å². The number of ether oxygens (including phenoxy) is 1. The molecule has 1 aromatic heterocycles. The zero-order valence-electron chi connectivity index (χ0n) is 15.0. The second-order valence-corrected chi connectivity index (χ2v) is 7.83. The van der Waals surface area contributed by atoms with E-state index in [4.69, 9.17) is 27.9 Å². The van der Waals surface area contributed by atoms with Crippen molar-refractivity contribution < 1.29 is 18.8 Å². The molecule has 0 bridgehead atoms. The average Bonchev–Trinajstić information content (AvgIpc) is 3.01. The van der Waals surface area contributed by atoms with Crippen LogP contribution >= 0.6 is 23.2 Å². The molecule has 152 valence electrons. The van der Waals surface area contributed by atoms with Crippen LogP contribution in [0.1, 0.15) is 22.6 Å². The third-order valence-electron chi connectivity index (χ3n) is 5.09. The summed E-state index contributed by atoms with van der Waals surface area (Å²) < 4.78 is 10.2. The first-order valence-corrected chi connectivity index (χ1v) is 9.57. The third kappa shape index (κ3) is 3.03. The maximum Gasteiger partial charge on any atom is 0.439 e. The summed E-state index contributed by atoms with van der Waals surface area (Å²) in [7, 11) is 0. The lowest BCUT2D eigenvalue weighted by atomic mass is 9.98. The molecule has 2 aromatic carbocycles. The van der Waals surface area contributed by atoms with E-state index in [9.17, 15) is 14.4 Å². The number of aromatic amines is 1. The van der Waals surface area contributed by atoms with Gasteiger partial charge in [0.2, 0.25) is 5.82 Å². The second kappa shape index (κ2) is 6.61. The van der Waals surface area contributed by atoms with Gasteiger partial charge >= 0.3 is 5.76 Å². The van der Waals surface area contributed by atoms with Gasteiger partial charge in [0.15, 0.2) is 5.75 Å². The monoisotopic (exact) mass is 446 g/mol. The number of halogens is 2. The Morgan fingerprint density at radius 2 is 1.93 bits per heavy atom. The number of nitrogens with zero attached hydrogens (tertiary/aromatic N) is 1. The van der Waals surface area contributed by atoms with E-state index in [1.807, 2.05) is 12.1 Å². The SMILES string of the molecule is O=C(Nc1cc(Cl)c(Oc2ccc3c(c2)C2(CN3)CC2=O)c(Cl)c1)c1noc(=O)[nH]1. The Hall–Kier alpha value is -3.30. The normalized spacial score (nSPS) is 18.8. The first-order chi connectivity index (χ1) is 14.4. The number of aromatic nitrogens is 2. The minimum Gasteiger partial charge on any atom is -0.454 e. The van der Waals surface area contributed by atoms with E-state index >= 15 is 0 Å². The van der Waals surface area contributed by atoms with Crippen LogP contribution in [0.5, 0.6) is 11.5 Å². The molecule has 1 amide bonds. The topological polar surface area (TPSA) is 126 Å². The summed E-state index contributed by atoms with van der Waals surface area (Å²) in [5, 5.41) is 9.35. The highest BCUT2D eigenvalue weighted by Gasteiger charge is 2.58. The molecule has 2 aliphatic rings. The minimum atomic E-state index is -0.848. The molecule has 1 unspecified atom stereocenters. The first kappa shape index (κ1) is 18.7. The molecule has 1 atom stereocenters. The number of hydrogen-bond acceptors (Lipinski definition) is 7. The van der Waals surface area contributed by atoms with Gasteiger partial charge in [0.25, 0.3) is 5.91 Å². The van der Waals surface area contributed by atoms with Gasteiger partial charge < -0.3 is 15.4 Å². The number of nitrogens with one attached hydrogen (secondary N) is 3. The second-order valence-electron chi connectivity index (χ2n) is 7.01. The molecule has 0 radical (unpaired) electrons. The van der Waals surface area contributed by atoms with Crippen LogP contribution in [-0.4, -0.2) is 28.4 Å². The van der Waals surface area contributed by atoms with Gasteiger partial charge in [-0.3, -0.25) is 19.1 Å². The van der Waals surface area contributed by atoms with Crippen molar-refractivity contribution in [3.63, 3.8) is 0 Å². The minimum absolute atomic E-state index is 0.155. The van der Waals surface area contributed by atoms with Crippen molar-refractivity contribution in [2.24, 2.45) is 0 Å². The van der Waals surface area contributed by atoms with Gasteiger partial charge in [-0.2, -0.15) is 0 Å². The lowest BCUT2D eigenvalue weighted by Gasteiger charge is -2.13. The summed E-state index contributed by atoms with van der Waals surface area (Å²) in [4.78, 5) is 37.1. The van der Waals surface area contributed by atoms with Crippen LogP contribution in [0.2, 0.25) is 10.0 Å². The number of hydrogen-bond donors (Lipinski definition) is 3.